The van der Waals surface area contributed by atoms with E-state index in [-0.39, 0.29) is 23.3 Å². The number of ether oxygens (including phenoxy) is 1. The van der Waals surface area contributed by atoms with Crippen molar-refractivity contribution >= 4 is 17.9 Å². The van der Waals surface area contributed by atoms with Gasteiger partial charge >= 0.3 is 12.0 Å². The molecule has 21 heavy (non-hydrogen) atoms. The van der Waals surface area contributed by atoms with Gasteiger partial charge in [0.05, 0.1) is 18.8 Å². The highest BCUT2D eigenvalue weighted by molar-refractivity contribution is 6.07. The number of hydrogen-bond acceptors (Lipinski definition) is 4. The van der Waals surface area contributed by atoms with Crippen LogP contribution >= 0.6 is 0 Å². The molecule has 3 amide bonds. The average molecular weight is 298 g/mol. The minimum Gasteiger partial charge on any atom is -0.478 e. The number of carboxylic acid groups (broad SMARTS) is 1. The number of carboxylic acids is 1. The summed E-state index contributed by atoms with van der Waals surface area (Å²) in [5.74, 6) is -1.87. The summed E-state index contributed by atoms with van der Waals surface area (Å²) in [4.78, 5) is 36.5. The Balaban J connectivity index is 2.77. The molecule has 0 saturated carbocycles. The molecule has 2 N–H and O–H groups in total. The van der Waals surface area contributed by atoms with E-state index in [4.69, 9.17) is 9.84 Å². The van der Waals surface area contributed by atoms with Gasteiger partial charge in [0.25, 0.3) is 5.91 Å². The van der Waals surface area contributed by atoms with Gasteiger partial charge in [0.15, 0.2) is 0 Å². The van der Waals surface area contributed by atoms with E-state index in [9.17, 15) is 14.4 Å². The minimum atomic E-state index is -1.18. The number of urea groups is 1. The van der Waals surface area contributed by atoms with Crippen molar-refractivity contribution in [2.24, 2.45) is 0 Å². The van der Waals surface area contributed by atoms with Crippen LogP contribution in [0, 0.1) is 0 Å². The molecule has 1 rings (SSSR count). The number of amides is 3. The predicted octanol–water partition coefficient (Wildman–Crippen LogP) is 1.14. The normalized spacial score (nSPS) is 23.3. The molecule has 1 aliphatic rings. The molecule has 1 heterocycles. The highest BCUT2D eigenvalue weighted by atomic mass is 16.5. The van der Waals surface area contributed by atoms with Crippen LogP contribution in [0.1, 0.15) is 34.1 Å². The Morgan fingerprint density at radius 2 is 1.90 bits per heavy atom. The van der Waals surface area contributed by atoms with Crippen LogP contribution < -0.4 is 5.32 Å². The maximum atomic E-state index is 12.2. The van der Waals surface area contributed by atoms with Gasteiger partial charge < -0.3 is 14.7 Å². The van der Waals surface area contributed by atoms with Gasteiger partial charge in [-0.1, -0.05) is 6.92 Å². The Morgan fingerprint density at radius 1 is 1.29 bits per heavy atom. The fourth-order valence-electron chi connectivity index (χ4n) is 2.02. The maximum Gasteiger partial charge on any atom is 0.331 e. The number of aliphatic carboxylic acids is 1. The number of hydrogen-bond donors (Lipinski definition) is 2. The topological polar surface area (TPSA) is 95.9 Å². The second kappa shape index (κ2) is 7.21. The average Bonchev–Trinajstić information content (AvgIpc) is 2.45. The van der Waals surface area contributed by atoms with Gasteiger partial charge in [0.1, 0.15) is 0 Å². The fraction of sp³-hybridized carbons (Fsp3) is 0.643. The quantitative estimate of drug-likeness (QED) is 0.762. The number of nitrogens with one attached hydrogen (secondary N) is 1. The SMILES string of the molecule is CCC1COC(C)CN1C(=O)NC(=O)C(C)=C(C)C(=O)O. The van der Waals surface area contributed by atoms with E-state index in [1.54, 1.807) is 4.90 Å². The molecule has 1 saturated heterocycles. The number of carbonyl (C=O) groups excluding carboxylic acids is 2. The van der Waals surface area contributed by atoms with E-state index in [2.05, 4.69) is 5.32 Å². The lowest BCUT2D eigenvalue weighted by Gasteiger charge is -2.38. The van der Waals surface area contributed by atoms with Crippen molar-refractivity contribution in [1.29, 1.82) is 0 Å². The molecule has 0 aromatic heterocycles. The monoisotopic (exact) mass is 298 g/mol. The third-order valence-corrected chi connectivity index (χ3v) is 3.64. The van der Waals surface area contributed by atoms with E-state index in [0.29, 0.717) is 13.2 Å². The Morgan fingerprint density at radius 3 is 2.43 bits per heavy atom. The summed E-state index contributed by atoms with van der Waals surface area (Å²) in [5, 5.41) is 11.1. The number of rotatable bonds is 3. The van der Waals surface area contributed by atoms with Crippen LogP contribution in [-0.2, 0) is 14.3 Å². The van der Waals surface area contributed by atoms with Crippen molar-refractivity contribution in [3.63, 3.8) is 0 Å². The summed E-state index contributed by atoms with van der Waals surface area (Å²) >= 11 is 0. The smallest absolute Gasteiger partial charge is 0.331 e. The molecule has 1 fully saturated rings. The lowest BCUT2D eigenvalue weighted by Crippen LogP contribution is -2.55. The van der Waals surface area contributed by atoms with E-state index < -0.39 is 17.9 Å². The molecule has 2 atom stereocenters. The predicted molar refractivity (Wildman–Crippen MR) is 75.7 cm³/mol. The van der Waals surface area contributed by atoms with Crippen LogP contribution in [0.2, 0.25) is 0 Å². The summed E-state index contributed by atoms with van der Waals surface area (Å²) in [6.07, 6.45) is 0.628. The van der Waals surface area contributed by atoms with Crippen molar-refractivity contribution in [1.82, 2.24) is 10.2 Å². The third kappa shape index (κ3) is 4.29. The Bertz CT molecular complexity index is 472. The molecule has 0 spiro atoms. The van der Waals surface area contributed by atoms with E-state index >= 15 is 0 Å². The van der Waals surface area contributed by atoms with Crippen LogP contribution in [0.25, 0.3) is 0 Å². The van der Waals surface area contributed by atoms with Gasteiger partial charge in [-0.05, 0) is 27.2 Å². The number of carbonyl (C=O) groups is 3. The van der Waals surface area contributed by atoms with Crippen molar-refractivity contribution < 1.29 is 24.2 Å². The number of nitrogens with zero attached hydrogens (tertiary/aromatic N) is 1. The second-order valence-electron chi connectivity index (χ2n) is 5.17. The molecule has 7 nitrogen and oxygen atoms in total. The first-order valence-electron chi connectivity index (χ1n) is 6.92. The Hall–Kier alpha value is -1.89. The molecule has 2 unspecified atom stereocenters. The standard InChI is InChI=1S/C14H22N2O5/c1-5-11-7-21-8(2)6-16(11)14(20)15-12(17)9(3)10(4)13(18)19/h8,11H,5-7H2,1-4H3,(H,18,19)(H,15,17,20). The highest BCUT2D eigenvalue weighted by Crippen LogP contribution is 2.14. The molecule has 1 aliphatic heterocycles. The zero-order chi connectivity index (χ0) is 16.2. The molecule has 0 radical (unpaired) electrons. The lowest BCUT2D eigenvalue weighted by molar-refractivity contribution is -0.133. The van der Waals surface area contributed by atoms with Gasteiger partial charge in [-0.15, -0.1) is 0 Å². The van der Waals surface area contributed by atoms with Gasteiger partial charge in [-0.3, -0.25) is 10.1 Å². The molecule has 0 aromatic carbocycles. The van der Waals surface area contributed by atoms with E-state index in [0.717, 1.165) is 6.42 Å². The van der Waals surface area contributed by atoms with Crippen LogP contribution in [-0.4, -0.2) is 53.2 Å². The molecule has 0 aliphatic carbocycles. The van der Waals surface area contributed by atoms with Crippen LogP contribution in [0.5, 0.6) is 0 Å². The molecule has 118 valence electrons. The first-order chi connectivity index (χ1) is 9.77. The highest BCUT2D eigenvalue weighted by Gasteiger charge is 2.30. The van der Waals surface area contributed by atoms with Gasteiger partial charge in [-0.2, -0.15) is 0 Å². The number of imide groups is 1. The number of morpholine rings is 1. The van der Waals surface area contributed by atoms with Crippen LogP contribution in [0.4, 0.5) is 4.79 Å². The molecule has 7 heteroatoms. The maximum absolute atomic E-state index is 12.2. The Kier molecular flexibility index (Phi) is 5.90. The van der Waals surface area contributed by atoms with Crippen molar-refractivity contribution in [3.8, 4) is 0 Å². The van der Waals surface area contributed by atoms with Crippen molar-refractivity contribution in [3.05, 3.63) is 11.1 Å². The van der Waals surface area contributed by atoms with Gasteiger partial charge in [-0.25, -0.2) is 9.59 Å². The molecule has 0 aromatic rings. The molecule has 0 bridgehead atoms. The van der Waals surface area contributed by atoms with Gasteiger partial charge in [0.2, 0.25) is 0 Å². The zero-order valence-electron chi connectivity index (χ0n) is 12.8. The van der Waals surface area contributed by atoms with Crippen LogP contribution in [0.15, 0.2) is 11.1 Å². The van der Waals surface area contributed by atoms with Crippen LogP contribution in [0.3, 0.4) is 0 Å². The van der Waals surface area contributed by atoms with E-state index in [1.165, 1.54) is 13.8 Å². The lowest BCUT2D eigenvalue weighted by atomic mass is 10.1. The fourth-order valence-corrected chi connectivity index (χ4v) is 2.02. The zero-order valence-corrected chi connectivity index (χ0v) is 12.8. The summed E-state index contributed by atoms with van der Waals surface area (Å²) in [5.41, 5.74) is -0.0621. The largest absolute Gasteiger partial charge is 0.478 e. The van der Waals surface area contributed by atoms with Gasteiger partial charge in [0, 0.05) is 17.7 Å². The second-order valence-corrected chi connectivity index (χ2v) is 5.17. The summed E-state index contributed by atoms with van der Waals surface area (Å²) in [6.45, 7) is 7.33. The summed E-state index contributed by atoms with van der Waals surface area (Å²) in [7, 11) is 0. The molecular formula is C14H22N2O5. The first-order valence-corrected chi connectivity index (χ1v) is 6.92. The summed E-state index contributed by atoms with van der Waals surface area (Å²) in [6, 6.07) is -0.599. The Labute approximate surface area is 123 Å². The van der Waals surface area contributed by atoms with Crippen molar-refractivity contribution in [2.45, 2.75) is 46.3 Å². The summed E-state index contributed by atoms with van der Waals surface area (Å²) < 4.78 is 5.49. The molecular weight excluding hydrogens is 276 g/mol. The third-order valence-electron chi connectivity index (χ3n) is 3.64. The van der Waals surface area contributed by atoms with Crippen molar-refractivity contribution in [2.75, 3.05) is 13.2 Å². The minimum absolute atomic E-state index is 0.0187. The first kappa shape index (κ1) is 17.2. The van der Waals surface area contributed by atoms with E-state index in [1.807, 2.05) is 13.8 Å².